The summed E-state index contributed by atoms with van der Waals surface area (Å²) in [6.45, 7) is 2.26. The molecule has 0 amide bonds. The fraction of sp³-hybridized carbons (Fsp3) is 0.857. The standard InChI is InChI=1S/C21H40O4/c1-2-3-4-5-6-7-8-9-10-11-12-13-14-15-16-17-18-25-21(24)19-20(22)23/h17-18,20,22-23H,2-16,19H2,1H3. The molecule has 0 atom stereocenters. The minimum Gasteiger partial charge on any atom is -0.435 e. The Labute approximate surface area is 154 Å². The van der Waals surface area contributed by atoms with E-state index in [0.29, 0.717) is 0 Å². The van der Waals surface area contributed by atoms with Crippen molar-refractivity contribution in [2.45, 2.75) is 116 Å². The molecule has 2 N–H and O–H groups in total. The van der Waals surface area contributed by atoms with E-state index in [1.54, 1.807) is 0 Å². The SMILES string of the molecule is CCCCCCCCCCCCCCCCC=COC(=O)CC(O)O. The number of carbonyl (C=O) groups is 1. The van der Waals surface area contributed by atoms with Gasteiger partial charge in [-0.3, -0.25) is 4.79 Å². The molecule has 0 aliphatic carbocycles. The van der Waals surface area contributed by atoms with Crippen molar-refractivity contribution in [3.8, 4) is 0 Å². The van der Waals surface area contributed by atoms with Crippen LogP contribution in [0.3, 0.4) is 0 Å². The summed E-state index contributed by atoms with van der Waals surface area (Å²) < 4.78 is 4.73. The summed E-state index contributed by atoms with van der Waals surface area (Å²) >= 11 is 0. The van der Waals surface area contributed by atoms with Crippen LogP contribution in [0.5, 0.6) is 0 Å². The Morgan fingerprint density at radius 1 is 0.800 bits per heavy atom. The second-order valence-corrected chi connectivity index (χ2v) is 6.93. The van der Waals surface area contributed by atoms with Gasteiger partial charge in [0.05, 0.1) is 12.7 Å². The van der Waals surface area contributed by atoms with Crippen molar-refractivity contribution in [1.29, 1.82) is 0 Å². The molecule has 0 fully saturated rings. The first kappa shape index (κ1) is 24.1. The Morgan fingerprint density at radius 3 is 1.68 bits per heavy atom. The van der Waals surface area contributed by atoms with Crippen molar-refractivity contribution in [1.82, 2.24) is 0 Å². The summed E-state index contributed by atoms with van der Waals surface area (Å²) in [4.78, 5) is 11.0. The zero-order valence-electron chi connectivity index (χ0n) is 16.3. The molecule has 0 heterocycles. The quantitative estimate of drug-likeness (QED) is 0.145. The average molecular weight is 357 g/mol. The smallest absolute Gasteiger partial charge is 0.315 e. The first-order valence-electron chi connectivity index (χ1n) is 10.4. The highest BCUT2D eigenvalue weighted by Gasteiger charge is 2.06. The predicted molar refractivity (Wildman–Crippen MR) is 103 cm³/mol. The van der Waals surface area contributed by atoms with E-state index in [2.05, 4.69) is 6.92 Å². The molecule has 0 aromatic carbocycles. The summed E-state index contributed by atoms with van der Waals surface area (Å²) in [6.07, 6.45) is 20.9. The average Bonchev–Trinajstić information content (AvgIpc) is 2.57. The maximum atomic E-state index is 11.0. The number of aliphatic hydroxyl groups excluding tert-OH is 1. The van der Waals surface area contributed by atoms with E-state index >= 15 is 0 Å². The Kier molecular flexibility index (Phi) is 18.8. The van der Waals surface area contributed by atoms with Crippen LogP contribution >= 0.6 is 0 Å². The largest absolute Gasteiger partial charge is 0.435 e. The number of allylic oxidation sites excluding steroid dienone is 1. The van der Waals surface area contributed by atoms with Crippen LogP contribution in [0.2, 0.25) is 0 Å². The number of rotatable bonds is 18. The Bertz CT molecular complexity index is 313. The lowest BCUT2D eigenvalue weighted by Crippen LogP contribution is -2.12. The summed E-state index contributed by atoms with van der Waals surface area (Å²) in [5.41, 5.74) is 0. The molecule has 0 aromatic heterocycles. The van der Waals surface area contributed by atoms with E-state index in [1.807, 2.05) is 6.08 Å². The van der Waals surface area contributed by atoms with Gasteiger partial charge in [0.25, 0.3) is 0 Å². The highest BCUT2D eigenvalue weighted by Crippen LogP contribution is 2.13. The van der Waals surface area contributed by atoms with Gasteiger partial charge in [0.1, 0.15) is 0 Å². The molecule has 0 radical (unpaired) electrons. The molecular weight excluding hydrogens is 316 g/mol. The molecule has 0 saturated heterocycles. The molecular formula is C21H40O4. The molecule has 0 aliphatic heterocycles. The number of hydrogen-bond acceptors (Lipinski definition) is 4. The molecule has 25 heavy (non-hydrogen) atoms. The Hall–Kier alpha value is -0.870. The van der Waals surface area contributed by atoms with Gasteiger partial charge in [0.15, 0.2) is 6.29 Å². The zero-order chi connectivity index (χ0) is 18.6. The van der Waals surface area contributed by atoms with Gasteiger partial charge in [-0.1, -0.05) is 90.4 Å². The third-order valence-corrected chi connectivity index (χ3v) is 4.37. The van der Waals surface area contributed by atoms with Gasteiger partial charge in [-0.2, -0.15) is 0 Å². The lowest BCUT2D eigenvalue weighted by Gasteiger charge is -2.03. The second kappa shape index (κ2) is 19.5. The van der Waals surface area contributed by atoms with Crippen molar-refractivity contribution in [2.24, 2.45) is 0 Å². The van der Waals surface area contributed by atoms with Crippen LogP contribution in [0.15, 0.2) is 12.3 Å². The van der Waals surface area contributed by atoms with Crippen LogP contribution < -0.4 is 0 Å². The Morgan fingerprint density at radius 2 is 1.24 bits per heavy atom. The molecule has 0 spiro atoms. The predicted octanol–water partition coefficient (Wildman–Crippen LogP) is 5.62. The topological polar surface area (TPSA) is 66.8 Å². The Balaban J connectivity index is 3.15. The fourth-order valence-electron chi connectivity index (χ4n) is 2.85. The van der Waals surface area contributed by atoms with Crippen LogP contribution in [0, 0.1) is 0 Å². The number of aliphatic hydroxyl groups is 2. The minimum absolute atomic E-state index is 0.386. The van der Waals surface area contributed by atoms with Crippen LogP contribution in [-0.2, 0) is 9.53 Å². The number of hydrogen-bond donors (Lipinski definition) is 2. The van der Waals surface area contributed by atoms with Crippen LogP contribution in [0.4, 0.5) is 0 Å². The molecule has 0 saturated carbocycles. The number of carbonyl (C=O) groups excluding carboxylic acids is 1. The molecule has 0 aromatic rings. The molecule has 4 heteroatoms. The lowest BCUT2D eigenvalue weighted by atomic mass is 10.0. The number of ether oxygens (including phenoxy) is 1. The summed E-state index contributed by atoms with van der Waals surface area (Å²) in [6, 6.07) is 0. The van der Waals surface area contributed by atoms with Gasteiger partial charge in [-0.05, 0) is 18.9 Å². The van der Waals surface area contributed by atoms with Gasteiger partial charge < -0.3 is 14.9 Å². The van der Waals surface area contributed by atoms with Gasteiger partial charge in [0, 0.05) is 0 Å². The molecule has 0 rings (SSSR count). The normalized spacial score (nSPS) is 11.5. The van der Waals surface area contributed by atoms with E-state index in [9.17, 15) is 4.79 Å². The van der Waals surface area contributed by atoms with Gasteiger partial charge in [-0.15, -0.1) is 0 Å². The van der Waals surface area contributed by atoms with Crippen molar-refractivity contribution in [3.63, 3.8) is 0 Å². The lowest BCUT2D eigenvalue weighted by molar-refractivity contribution is -0.146. The fourth-order valence-corrected chi connectivity index (χ4v) is 2.85. The summed E-state index contributed by atoms with van der Waals surface area (Å²) in [5.74, 6) is -0.618. The monoisotopic (exact) mass is 356 g/mol. The highest BCUT2D eigenvalue weighted by molar-refractivity contribution is 5.70. The third-order valence-electron chi connectivity index (χ3n) is 4.37. The van der Waals surface area contributed by atoms with Crippen molar-refractivity contribution < 1.29 is 19.7 Å². The molecule has 148 valence electrons. The molecule has 4 nitrogen and oxygen atoms in total. The first-order valence-corrected chi connectivity index (χ1v) is 10.4. The van der Waals surface area contributed by atoms with Crippen LogP contribution in [0.1, 0.15) is 110 Å². The van der Waals surface area contributed by atoms with Gasteiger partial charge in [0.2, 0.25) is 0 Å². The van der Waals surface area contributed by atoms with Gasteiger partial charge in [-0.25, -0.2) is 0 Å². The van der Waals surface area contributed by atoms with Crippen LogP contribution in [0.25, 0.3) is 0 Å². The van der Waals surface area contributed by atoms with E-state index in [-0.39, 0.29) is 6.42 Å². The maximum absolute atomic E-state index is 11.0. The molecule has 0 aliphatic rings. The van der Waals surface area contributed by atoms with E-state index in [0.717, 1.165) is 12.8 Å². The first-order chi connectivity index (χ1) is 12.2. The maximum Gasteiger partial charge on any atom is 0.315 e. The van der Waals surface area contributed by atoms with E-state index < -0.39 is 12.3 Å². The third kappa shape index (κ3) is 21.1. The molecule has 0 unspecified atom stereocenters. The molecule has 0 bridgehead atoms. The van der Waals surface area contributed by atoms with Crippen molar-refractivity contribution in [2.75, 3.05) is 0 Å². The number of esters is 1. The zero-order valence-corrected chi connectivity index (χ0v) is 16.3. The minimum atomic E-state index is -1.63. The summed E-state index contributed by atoms with van der Waals surface area (Å²) in [7, 11) is 0. The van der Waals surface area contributed by atoms with Crippen molar-refractivity contribution >= 4 is 5.97 Å². The van der Waals surface area contributed by atoms with E-state index in [1.165, 1.54) is 89.7 Å². The number of unbranched alkanes of at least 4 members (excludes halogenated alkanes) is 14. The van der Waals surface area contributed by atoms with Gasteiger partial charge >= 0.3 is 5.97 Å². The van der Waals surface area contributed by atoms with Crippen LogP contribution in [-0.4, -0.2) is 22.5 Å². The highest BCUT2D eigenvalue weighted by atomic mass is 16.5. The second-order valence-electron chi connectivity index (χ2n) is 6.93. The van der Waals surface area contributed by atoms with Crippen molar-refractivity contribution in [3.05, 3.63) is 12.3 Å². The van der Waals surface area contributed by atoms with E-state index in [4.69, 9.17) is 14.9 Å². The summed E-state index contributed by atoms with van der Waals surface area (Å²) in [5, 5.41) is 17.2.